The fraction of sp³-hybridized carbons (Fsp3) is 0.357. The van der Waals surface area contributed by atoms with Crippen LogP contribution in [0.5, 0.6) is 0 Å². The Balaban J connectivity index is 2.33. The van der Waals surface area contributed by atoms with Gasteiger partial charge < -0.3 is 9.26 Å². The smallest absolute Gasteiger partial charge is 0.258 e. The van der Waals surface area contributed by atoms with E-state index >= 15 is 0 Å². The Morgan fingerprint density at radius 1 is 1.42 bits per heavy atom. The largest absolute Gasteiger partial charge is 0.368 e. The highest BCUT2D eigenvalue weighted by atomic mass is 16.5. The maximum absolute atomic E-state index is 8.88. The van der Waals surface area contributed by atoms with E-state index in [4.69, 9.17) is 14.5 Å². The molecular formula is C14H15N3O2. The third kappa shape index (κ3) is 2.80. The molecule has 0 spiro atoms. The van der Waals surface area contributed by atoms with Gasteiger partial charge in [0.25, 0.3) is 5.89 Å². The molecule has 0 saturated heterocycles. The average Bonchev–Trinajstić information content (AvgIpc) is 2.89. The van der Waals surface area contributed by atoms with Crippen molar-refractivity contribution < 1.29 is 9.26 Å². The van der Waals surface area contributed by atoms with Crippen molar-refractivity contribution in [1.82, 2.24) is 10.1 Å². The van der Waals surface area contributed by atoms with Crippen molar-refractivity contribution >= 4 is 0 Å². The number of benzene rings is 1. The number of aromatic nitrogens is 2. The molecule has 1 heterocycles. The highest BCUT2D eigenvalue weighted by Crippen LogP contribution is 2.25. The predicted molar refractivity (Wildman–Crippen MR) is 69.1 cm³/mol. The first-order valence-corrected chi connectivity index (χ1v) is 6.05. The molecule has 1 aromatic heterocycles. The van der Waals surface area contributed by atoms with E-state index in [0.717, 1.165) is 5.56 Å². The lowest BCUT2D eigenvalue weighted by Gasteiger charge is -2.19. The Hall–Kier alpha value is -2.19. The molecule has 0 fully saturated rings. The van der Waals surface area contributed by atoms with Crippen LogP contribution in [0.3, 0.4) is 0 Å². The Kier molecular flexibility index (Phi) is 3.63. The van der Waals surface area contributed by atoms with Gasteiger partial charge in [0.05, 0.1) is 11.6 Å². The summed E-state index contributed by atoms with van der Waals surface area (Å²) in [5.41, 5.74) is 0.690. The molecule has 0 aliphatic rings. The second-order valence-electron chi connectivity index (χ2n) is 4.56. The van der Waals surface area contributed by atoms with Gasteiger partial charge in [-0.25, -0.2) is 0 Å². The van der Waals surface area contributed by atoms with E-state index in [2.05, 4.69) is 16.2 Å². The topological polar surface area (TPSA) is 71.9 Å². The second kappa shape index (κ2) is 5.21. The zero-order valence-electron chi connectivity index (χ0n) is 11.2. The molecule has 2 aromatic rings. The third-order valence-electron chi connectivity index (χ3n) is 2.71. The van der Waals surface area contributed by atoms with E-state index in [1.54, 1.807) is 18.2 Å². The van der Waals surface area contributed by atoms with E-state index in [0.29, 0.717) is 23.9 Å². The summed E-state index contributed by atoms with van der Waals surface area (Å²) < 4.78 is 10.8. The van der Waals surface area contributed by atoms with Crippen LogP contribution in [-0.4, -0.2) is 16.7 Å². The fourth-order valence-corrected chi connectivity index (χ4v) is 1.73. The standard InChI is InChI=1S/C14H15N3O2/c1-4-18-14(2,3)13-16-12(19-17-13)11-7-5-6-10(8-11)9-15/h5-8H,4H2,1-3H3. The highest BCUT2D eigenvalue weighted by Gasteiger charge is 2.27. The van der Waals surface area contributed by atoms with E-state index in [9.17, 15) is 0 Å². The summed E-state index contributed by atoms with van der Waals surface area (Å²) in [7, 11) is 0. The first-order chi connectivity index (χ1) is 9.06. The third-order valence-corrected chi connectivity index (χ3v) is 2.71. The van der Waals surface area contributed by atoms with Crippen LogP contribution in [-0.2, 0) is 10.3 Å². The minimum atomic E-state index is -0.594. The van der Waals surface area contributed by atoms with E-state index in [1.165, 1.54) is 0 Å². The van der Waals surface area contributed by atoms with Gasteiger partial charge in [-0.3, -0.25) is 0 Å². The van der Waals surface area contributed by atoms with E-state index in [1.807, 2.05) is 26.8 Å². The average molecular weight is 257 g/mol. The van der Waals surface area contributed by atoms with Crippen molar-refractivity contribution in [3.63, 3.8) is 0 Å². The molecule has 0 unspecified atom stereocenters. The van der Waals surface area contributed by atoms with Gasteiger partial charge in [0.1, 0.15) is 5.60 Å². The van der Waals surface area contributed by atoms with Gasteiger partial charge in [-0.1, -0.05) is 11.2 Å². The SMILES string of the molecule is CCOC(C)(C)c1noc(-c2cccc(C#N)c2)n1. The van der Waals surface area contributed by atoms with Gasteiger partial charge in [-0.2, -0.15) is 10.2 Å². The number of hydrogen-bond acceptors (Lipinski definition) is 5. The summed E-state index contributed by atoms with van der Waals surface area (Å²) in [5.74, 6) is 0.881. The monoisotopic (exact) mass is 257 g/mol. The highest BCUT2D eigenvalue weighted by molar-refractivity contribution is 5.56. The molecule has 2 rings (SSSR count). The quantitative estimate of drug-likeness (QED) is 0.842. The van der Waals surface area contributed by atoms with Gasteiger partial charge in [0.2, 0.25) is 5.82 Å². The molecule has 0 aliphatic carbocycles. The van der Waals surface area contributed by atoms with Gasteiger partial charge in [0, 0.05) is 12.2 Å². The lowest BCUT2D eigenvalue weighted by molar-refractivity contribution is -0.0221. The Morgan fingerprint density at radius 3 is 2.89 bits per heavy atom. The molecule has 1 aromatic carbocycles. The Bertz CT molecular complexity index is 611. The van der Waals surface area contributed by atoms with Crippen LogP contribution in [0.1, 0.15) is 32.2 Å². The number of ether oxygens (including phenoxy) is 1. The van der Waals surface area contributed by atoms with E-state index in [-0.39, 0.29) is 0 Å². The molecule has 0 atom stereocenters. The Labute approximate surface area is 111 Å². The lowest BCUT2D eigenvalue weighted by Crippen LogP contribution is -2.23. The van der Waals surface area contributed by atoms with Crippen LogP contribution in [0.25, 0.3) is 11.5 Å². The Morgan fingerprint density at radius 2 is 2.21 bits per heavy atom. The molecule has 19 heavy (non-hydrogen) atoms. The molecule has 0 aliphatic heterocycles. The lowest BCUT2D eigenvalue weighted by atomic mass is 10.1. The maximum Gasteiger partial charge on any atom is 0.258 e. The summed E-state index contributed by atoms with van der Waals surface area (Å²) in [6.45, 7) is 6.26. The first-order valence-electron chi connectivity index (χ1n) is 6.05. The number of rotatable bonds is 4. The minimum Gasteiger partial charge on any atom is -0.368 e. The summed E-state index contributed by atoms with van der Waals surface area (Å²) in [5, 5.41) is 12.8. The van der Waals surface area contributed by atoms with Crippen molar-refractivity contribution in [2.45, 2.75) is 26.4 Å². The van der Waals surface area contributed by atoms with Crippen LogP contribution < -0.4 is 0 Å². The molecule has 5 nitrogen and oxygen atoms in total. The van der Waals surface area contributed by atoms with Gasteiger partial charge in [0.15, 0.2) is 0 Å². The van der Waals surface area contributed by atoms with E-state index < -0.39 is 5.60 Å². The normalized spacial score (nSPS) is 11.3. The van der Waals surface area contributed by atoms with Crippen LogP contribution in [0, 0.1) is 11.3 Å². The molecule has 98 valence electrons. The van der Waals surface area contributed by atoms with Crippen molar-refractivity contribution in [1.29, 1.82) is 5.26 Å². The summed E-state index contributed by atoms with van der Waals surface area (Å²) in [6.07, 6.45) is 0. The second-order valence-corrected chi connectivity index (χ2v) is 4.56. The molecule has 0 amide bonds. The van der Waals surface area contributed by atoms with Crippen LogP contribution in [0.4, 0.5) is 0 Å². The molecule has 0 radical (unpaired) electrons. The first kappa shape index (κ1) is 13.2. The zero-order valence-corrected chi connectivity index (χ0v) is 11.2. The molecule has 5 heteroatoms. The zero-order chi connectivity index (χ0) is 13.9. The van der Waals surface area contributed by atoms with Gasteiger partial charge in [-0.05, 0) is 39.0 Å². The van der Waals surface area contributed by atoms with Gasteiger partial charge in [-0.15, -0.1) is 0 Å². The summed E-state index contributed by atoms with van der Waals surface area (Å²) in [4.78, 5) is 4.33. The number of nitrogens with zero attached hydrogens (tertiary/aromatic N) is 3. The van der Waals surface area contributed by atoms with Crippen molar-refractivity contribution in [2.75, 3.05) is 6.61 Å². The van der Waals surface area contributed by atoms with Crippen molar-refractivity contribution in [2.24, 2.45) is 0 Å². The van der Waals surface area contributed by atoms with Crippen LogP contribution in [0.2, 0.25) is 0 Å². The minimum absolute atomic E-state index is 0.389. The molecule has 0 saturated carbocycles. The molecule has 0 N–H and O–H groups in total. The number of hydrogen-bond donors (Lipinski definition) is 0. The van der Waals surface area contributed by atoms with Crippen LogP contribution >= 0.6 is 0 Å². The van der Waals surface area contributed by atoms with Crippen LogP contribution in [0.15, 0.2) is 28.8 Å². The fourth-order valence-electron chi connectivity index (χ4n) is 1.73. The summed E-state index contributed by atoms with van der Waals surface area (Å²) in [6, 6.07) is 9.13. The number of nitriles is 1. The van der Waals surface area contributed by atoms with Gasteiger partial charge >= 0.3 is 0 Å². The van der Waals surface area contributed by atoms with Crippen molar-refractivity contribution in [3.05, 3.63) is 35.7 Å². The maximum atomic E-state index is 8.88. The van der Waals surface area contributed by atoms with Crippen molar-refractivity contribution in [3.8, 4) is 17.5 Å². The molecular weight excluding hydrogens is 242 g/mol. The molecule has 0 bridgehead atoms. The predicted octanol–water partition coefficient (Wildman–Crippen LogP) is 2.88. The summed E-state index contributed by atoms with van der Waals surface area (Å²) >= 11 is 0.